The molecule has 1 aliphatic heterocycles. The van der Waals surface area contributed by atoms with Crippen LogP contribution in [0, 0.1) is 0 Å². The minimum atomic E-state index is 0.868. The van der Waals surface area contributed by atoms with Crippen LogP contribution in [0.4, 0.5) is 0 Å². The highest BCUT2D eigenvalue weighted by Gasteiger charge is 2.03. The number of hydrazine groups is 1. The van der Waals surface area contributed by atoms with Gasteiger partial charge < -0.3 is 0 Å². The van der Waals surface area contributed by atoms with E-state index in [1.807, 2.05) is 17.4 Å². The van der Waals surface area contributed by atoms with Gasteiger partial charge in [-0.3, -0.25) is 10.0 Å². The first-order valence-electron chi connectivity index (χ1n) is 4.49. The summed E-state index contributed by atoms with van der Waals surface area (Å²) < 4.78 is 0. The molecule has 0 unspecified atom stereocenters. The lowest BCUT2D eigenvalue weighted by atomic mass is 10.2. The van der Waals surface area contributed by atoms with E-state index in [1.165, 1.54) is 5.56 Å². The molecule has 0 saturated heterocycles. The van der Waals surface area contributed by atoms with E-state index in [-0.39, 0.29) is 0 Å². The van der Waals surface area contributed by atoms with Crippen molar-refractivity contribution < 1.29 is 0 Å². The van der Waals surface area contributed by atoms with E-state index in [0.717, 1.165) is 19.6 Å². The third-order valence-electron chi connectivity index (χ3n) is 2.02. The van der Waals surface area contributed by atoms with Crippen molar-refractivity contribution >= 4 is 6.34 Å². The van der Waals surface area contributed by atoms with E-state index in [2.05, 4.69) is 34.7 Å². The van der Waals surface area contributed by atoms with Gasteiger partial charge >= 0.3 is 0 Å². The molecular formula is C10H13N3. The first-order valence-corrected chi connectivity index (χ1v) is 4.49. The van der Waals surface area contributed by atoms with Gasteiger partial charge in [0.2, 0.25) is 0 Å². The van der Waals surface area contributed by atoms with Crippen molar-refractivity contribution in [2.45, 2.75) is 6.54 Å². The maximum Gasteiger partial charge on any atom is 0.0993 e. The molecule has 0 fully saturated rings. The number of nitrogens with one attached hydrogen (secondary N) is 1. The van der Waals surface area contributed by atoms with Gasteiger partial charge in [0.25, 0.3) is 0 Å². The molecule has 13 heavy (non-hydrogen) atoms. The molecule has 68 valence electrons. The molecule has 0 bridgehead atoms. The van der Waals surface area contributed by atoms with Gasteiger partial charge in [-0.25, -0.2) is 5.43 Å². The second-order valence-electron chi connectivity index (χ2n) is 3.04. The van der Waals surface area contributed by atoms with Crippen molar-refractivity contribution in [1.82, 2.24) is 10.4 Å². The number of nitrogens with zero attached hydrogens (tertiary/aromatic N) is 2. The van der Waals surface area contributed by atoms with E-state index in [9.17, 15) is 0 Å². The van der Waals surface area contributed by atoms with Gasteiger partial charge in [-0.2, -0.15) is 0 Å². The summed E-state index contributed by atoms with van der Waals surface area (Å²) in [6, 6.07) is 10.4. The normalized spacial score (nSPS) is 15.2. The van der Waals surface area contributed by atoms with Crippen LogP contribution in [0.15, 0.2) is 35.3 Å². The van der Waals surface area contributed by atoms with Gasteiger partial charge in [-0.05, 0) is 5.56 Å². The van der Waals surface area contributed by atoms with E-state index < -0.39 is 0 Å². The Morgan fingerprint density at radius 1 is 1.31 bits per heavy atom. The highest BCUT2D eigenvalue weighted by molar-refractivity contribution is 5.56. The van der Waals surface area contributed by atoms with Crippen molar-refractivity contribution in [1.29, 1.82) is 0 Å². The minimum Gasteiger partial charge on any atom is -0.296 e. The molecule has 1 heterocycles. The van der Waals surface area contributed by atoms with E-state index in [4.69, 9.17) is 0 Å². The van der Waals surface area contributed by atoms with Crippen LogP contribution in [0.1, 0.15) is 5.56 Å². The number of hydrogen-bond acceptors (Lipinski definition) is 3. The summed E-state index contributed by atoms with van der Waals surface area (Å²) in [6.45, 7) is 2.75. The second kappa shape index (κ2) is 4.05. The van der Waals surface area contributed by atoms with Crippen LogP contribution in [-0.2, 0) is 6.54 Å². The van der Waals surface area contributed by atoms with Crippen LogP contribution in [-0.4, -0.2) is 24.4 Å². The summed E-state index contributed by atoms with van der Waals surface area (Å²) in [5, 5.41) is 2.02. The third-order valence-corrected chi connectivity index (χ3v) is 2.02. The Bertz CT molecular complexity index is 281. The van der Waals surface area contributed by atoms with E-state index in [0.29, 0.717) is 0 Å². The Balaban J connectivity index is 1.82. The van der Waals surface area contributed by atoms with Gasteiger partial charge in [0.15, 0.2) is 0 Å². The van der Waals surface area contributed by atoms with Crippen molar-refractivity contribution in [2.24, 2.45) is 4.99 Å². The Morgan fingerprint density at radius 2 is 2.15 bits per heavy atom. The molecule has 1 aromatic rings. The zero-order valence-corrected chi connectivity index (χ0v) is 7.48. The summed E-state index contributed by atoms with van der Waals surface area (Å²) in [5.41, 5.74) is 4.58. The Morgan fingerprint density at radius 3 is 2.85 bits per heavy atom. The SMILES string of the molecule is C1=NCCN1NCc1ccccc1. The van der Waals surface area contributed by atoms with Gasteiger partial charge in [-0.1, -0.05) is 30.3 Å². The van der Waals surface area contributed by atoms with Crippen LogP contribution in [0.2, 0.25) is 0 Å². The fourth-order valence-electron chi connectivity index (χ4n) is 1.29. The highest BCUT2D eigenvalue weighted by atomic mass is 15.5. The first kappa shape index (κ1) is 8.26. The third kappa shape index (κ3) is 2.29. The molecule has 3 heteroatoms. The van der Waals surface area contributed by atoms with Crippen molar-refractivity contribution in [2.75, 3.05) is 13.1 Å². The predicted octanol–water partition coefficient (Wildman–Crippen LogP) is 1.04. The maximum absolute atomic E-state index is 4.12. The van der Waals surface area contributed by atoms with Gasteiger partial charge in [-0.15, -0.1) is 0 Å². The van der Waals surface area contributed by atoms with Crippen LogP contribution < -0.4 is 5.43 Å². The average molecular weight is 175 g/mol. The van der Waals surface area contributed by atoms with Crippen LogP contribution in [0.5, 0.6) is 0 Å². The molecule has 1 aliphatic rings. The maximum atomic E-state index is 4.12. The van der Waals surface area contributed by atoms with Crippen LogP contribution >= 0.6 is 0 Å². The predicted molar refractivity (Wildman–Crippen MR) is 53.3 cm³/mol. The Kier molecular flexibility index (Phi) is 2.57. The number of hydrogen-bond donors (Lipinski definition) is 1. The second-order valence-corrected chi connectivity index (χ2v) is 3.04. The molecule has 0 radical (unpaired) electrons. The first-order chi connectivity index (χ1) is 6.45. The van der Waals surface area contributed by atoms with E-state index >= 15 is 0 Å². The number of aliphatic imine (C=N–C) groups is 1. The summed E-state index contributed by atoms with van der Waals surface area (Å²) in [7, 11) is 0. The number of benzene rings is 1. The minimum absolute atomic E-state index is 0.868. The molecule has 0 atom stereocenters. The molecule has 1 N–H and O–H groups in total. The largest absolute Gasteiger partial charge is 0.296 e. The van der Waals surface area contributed by atoms with Gasteiger partial charge in [0.05, 0.1) is 19.4 Å². The standard InChI is InChI=1S/C10H13N3/c1-2-4-10(5-3-1)8-12-13-7-6-11-9-13/h1-5,9,12H,6-8H2. The zero-order chi connectivity index (χ0) is 8.93. The molecule has 3 nitrogen and oxygen atoms in total. The van der Waals surface area contributed by atoms with Gasteiger partial charge in [0, 0.05) is 6.54 Å². The smallest absolute Gasteiger partial charge is 0.0993 e. The Hall–Kier alpha value is -1.35. The lowest BCUT2D eigenvalue weighted by molar-refractivity contribution is 0.338. The highest BCUT2D eigenvalue weighted by Crippen LogP contribution is 1.98. The lowest BCUT2D eigenvalue weighted by Crippen LogP contribution is -2.34. The van der Waals surface area contributed by atoms with E-state index in [1.54, 1.807) is 0 Å². The van der Waals surface area contributed by atoms with Gasteiger partial charge in [0.1, 0.15) is 0 Å². The Labute approximate surface area is 78.1 Å². The van der Waals surface area contributed by atoms with Crippen molar-refractivity contribution in [3.63, 3.8) is 0 Å². The quantitative estimate of drug-likeness (QED) is 0.743. The zero-order valence-electron chi connectivity index (χ0n) is 7.48. The average Bonchev–Trinajstić information content (AvgIpc) is 2.69. The fourth-order valence-corrected chi connectivity index (χ4v) is 1.29. The summed E-state index contributed by atoms with van der Waals surface area (Å²) in [5.74, 6) is 0. The monoisotopic (exact) mass is 175 g/mol. The van der Waals surface area contributed by atoms with Crippen LogP contribution in [0.3, 0.4) is 0 Å². The lowest BCUT2D eigenvalue weighted by Gasteiger charge is -2.14. The number of rotatable bonds is 3. The summed E-state index contributed by atoms with van der Waals surface area (Å²) in [4.78, 5) is 4.12. The van der Waals surface area contributed by atoms with Crippen molar-refractivity contribution in [3.8, 4) is 0 Å². The molecule has 2 rings (SSSR count). The molecule has 0 aliphatic carbocycles. The molecule has 0 aromatic heterocycles. The van der Waals surface area contributed by atoms with Crippen molar-refractivity contribution in [3.05, 3.63) is 35.9 Å². The molecule has 0 spiro atoms. The molecule has 1 aromatic carbocycles. The summed E-state index contributed by atoms with van der Waals surface area (Å²) in [6.07, 6.45) is 1.85. The molecule has 0 amide bonds. The van der Waals surface area contributed by atoms with Crippen LogP contribution in [0.25, 0.3) is 0 Å². The molecular weight excluding hydrogens is 162 g/mol. The fraction of sp³-hybridized carbons (Fsp3) is 0.300. The molecule has 0 saturated carbocycles. The topological polar surface area (TPSA) is 27.6 Å². The summed E-state index contributed by atoms with van der Waals surface area (Å²) >= 11 is 0.